The molecule has 1 aromatic carbocycles. The molecule has 12 heteroatoms. The molecular formula is C26H40BClF3N3O4. The van der Waals surface area contributed by atoms with Gasteiger partial charge in [-0.3, -0.25) is 4.79 Å². The maximum Gasteiger partial charge on any atom is 0.573 e. The van der Waals surface area contributed by atoms with Crippen molar-refractivity contribution in [3.63, 3.8) is 0 Å². The average Bonchev–Trinajstić information content (AvgIpc) is 3.18. The number of hydrogen-bond acceptors (Lipinski definition) is 6. The Morgan fingerprint density at radius 3 is 2.50 bits per heavy atom. The van der Waals surface area contributed by atoms with Gasteiger partial charge in [0.05, 0.1) is 17.7 Å². The van der Waals surface area contributed by atoms with Crippen LogP contribution in [0.15, 0.2) is 24.3 Å². The van der Waals surface area contributed by atoms with Crippen LogP contribution in [0.3, 0.4) is 0 Å². The number of benzene rings is 1. The minimum absolute atomic E-state index is 0. The molecule has 3 saturated carbocycles. The molecule has 0 unspecified atom stereocenters. The van der Waals surface area contributed by atoms with Gasteiger partial charge in [0, 0.05) is 12.4 Å². The Morgan fingerprint density at radius 1 is 1.21 bits per heavy atom. The van der Waals surface area contributed by atoms with Crippen LogP contribution in [0.4, 0.5) is 13.2 Å². The molecule has 1 saturated heterocycles. The van der Waals surface area contributed by atoms with Gasteiger partial charge < -0.3 is 30.8 Å². The maximum atomic E-state index is 12.7. The highest BCUT2D eigenvalue weighted by molar-refractivity contribution is 6.47. The summed E-state index contributed by atoms with van der Waals surface area (Å²) in [6, 6.07) is 5.14. The van der Waals surface area contributed by atoms with Gasteiger partial charge in [0.1, 0.15) is 5.75 Å². The van der Waals surface area contributed by atoms with E-state index in [-0.39, 0.29) is 47.9 Å². The number of nitrogens with two attached hydrogens (primary N) is 2. The van der Waals surface area contributed by atoms with E-state index >= 15 is 0 Å². The minimum Gasteiger partial charge on any atom is -0.406 e. The zero-order valence-electron chi connectivity index (χ0n) is 22.3. The molecule has 3 aliphatic carbocycles. The highest BCUT2D eigenvalue weighted by atomic mass is 35.5. The summed E-state index contributed by atoms with van der Waals surface area (Å²) in [5.41, 5.74) is 12.2. The summed E-state index contributed by atoms with van der Waals surface area (Å²) in [5.74, 6) is 0.208. The Morgan fingerprint density at radius 2 is 1.89 bits per heavy atom. The number of halogens is 4. The first-order chi connectivity index (χ1) is 17.3. The lowest BCUT2D eigenvalue weighted by atomic mass is 9.43. The summed E-state index contributed by atoms with van der Waals surface area (Å²) < 4.78 is 54.8. The van der Waals surface area contributed by atoms with Crippen LogP contribution in [0.5, 0.6) is 5.75 Å². The molecule has 214 valence electrons. The SMILES string of the molecule is CC1(C)[C@H]2C[C@@H]3OB([C@@H](CNC(=O)[C@H](N)CCCCN)Cc4ccc(OC(F)(F)F)cc4)O[C@]3(C)[C@@H]1C2.Cl. The minimum atomic E-state index is -4.75. The topological polar surface area (TPSA) is 109 Å². The number of carbonyl (C=O) groups is 1. The molecule has 7 nitrogen and oxygen atoms in total. The predicted molar refractivity (Wildman–Crippen MR) is 142 cm³/mol. The molecule has 1 aliphatic heterocycles. The van der Waals surface area contributed by atoms with Gasteiger partial charge >= 0.3 is 13.5 Å². The zero-order chi connectivity index (χ0) is 27.0. The standard InChI is InChI=1S/C26H39BF3N3O4.ClH/c1-24(2)17-13-21(24)25(3)22(14-17)36-27(37-25)18(15-33-23(34)20(32)6-4-5-11-31)12-16-7-9-19(10-8-16)35-26(28,29)30;/h7-10,17-18,20-22H,4-6,11-15,31-32H2,1-3H3,(H,33,34);1H/t17-,18-,20-,21-,22+,25-;/m1./s1. The second-order valence-corrected chi connectivity index (χ2v) is 11.6. The van der Waals surface area contributed by atoms with Crippen LogP contribution in [0.1, 0.15) is 58.4 Å². The van der Waals surface area contributed by atoms with Crippen LogP contribution in [-0.2, 0) is 20.5 Å². The zero-order valence-corrected chi connectivity index (χ0v) is 23.1. The number of hydrogen-bond donors (Lipinski definition) is 3. The van der Waals surface area contributed by atoms with Gasteiger partial charge in [-0.15, -0.1) is 25.6 Å². The van der Waals surface area contributed by atoms with Crippen molar-refractivity contribution in [1.29, 1.82) is 0 Å². The molecule has 4 aliphatic rings. The van der Waals surface area contributed by atoms with Crippen LogP contribution in [0.2, 0.25) is 5.82 Å². The highest BCUT2D eigenvalue weighted by Gasteiger charge is 2.68. The highest BCUT2D eigenvalue weighted by Crippen LogP contribution is 2.66. The fourth-order valence-electron chi connectivity index (χ4n) is 6.50. The second-order valence-electron chi connectivity index (χ2n) is 11.6. The van der Waals surface area contributed by atoms with Gasteiger partial charge in [0.2, 0.25) is 5.91 Å². The Kier molecular flexibility index (Phi) is 9.73. The van der Waals surface area contributed by atoms with Crippen LogP contribution in [-0.4, -0.2) is 50.2 Å². The summed E-state index contributed by atoms with van der Waals surface area (Å²) in [6.07, 6.45) is -0.144. The van der Waals surface area contributed by atoms with E-state index in [1.165, 1.54) is 12.1 Å². The Hall–Kier alpha value is -1.53. The molecule has 0 aromatic heterocycles. The van der Waals surface area contributed by atoms with Crippen molar-refractivity contribution in [2.45, 2.75) is 89.2 Å². The lowest BCUT2D eigenvalue weighted by Gasteiger charge is -2.64. The first kappa shape index (κ1) is 31.0. The van der Waals surface area contributed by atoms with E-state index in [2.05, 4.69) is 30.8 Å². The van der Waals surface area contributed by atoms with Gasteiger partial charge in [0.15, 0.2) is 0 Å². The molecule has 4 fully saturated rings. The van der Waals surface area contributed by atoms with E-state index < -0.39 is 25.1 Å². The fourth-order valence-corrected chi connectivity index (χ4v) is 6.50. The monoisotopic (exact) mass is 561 g/mol. The first-order valence-corrected chi connectivity index (χ1v) is 13.2. The smallest absolute Gasteiger partial charge is 0.406 e. The molecule has 0 spiro atoms. The average molecular weight is 562 g/mol. The fraction of sp³-hybridized carbons (Fsp3) is 0.731. The van der Waals surface area contributed by atoms with Crippen LogP contribution in [0.25, 0.3) is 0 Å². The quantitative estimate of drug-likeness (QED) is 0.276. The normalized spacial score (nSPS) is 28.9. The summed E-state index contributed by atoms with van der Waals surface area (Å²) in [6.45, 7) is 7.54. The molecule has 0 radical (unpaired) electrons. The maximum absolute atomic E-state index is 12.7. The summed E-state index contributed by atoms with van der Waals surface area (Å²) >= 11 is 0. The van der Waals surface area contributed by atoms with E-state index in [0.717, 1.165) is 31.2 Å². The largest absolute Gasteiger partial charge is 0.573 e. The number of amides is 1. The molecule has 1 amide bonds. The van der Waals surface area contributed by atoms with Gasteiger partial charge in [-0.1, -0.05) is 32.4 Å². The van der Waals surface area contributed by atoms with Crippen molar-refractivity contribution in [1.82, 2.24) is 5.32 Å². The van der Waals surface area contributed by atoms with E-state index in [9.17, 15) is 18.0 Å². The van der Waals surface area contributed by atoms with Crippen molar-refractivity contribution in [3.8, 4) is 5.75 Å². The second kappa shape index (κ2) is 11.9. The van der Waals surface area contributed by atoms with Crippen molar-refractivity contribution < 1.29 is 32.0 Å². The van der Waals surface area contributed by atoms with Gasteiger partial charge in [-0.25, -0.2) is 0 Å². The Labute approximate surface area is 229 Å². The van der Waals surface area contributed by atoms with Crippen molar-refractivity contribution in [2.75, 3.05) is 13.1 Å². The van der Waals surface area contributed by atoms with Crippen LogP contribution in [0, 0.1) is 17.3 Å². The van der Waals surface area contributed by atoms with Gasteiger partial charge in [0.25, 0.3) is 0 Å². The van der Waals surface area contributed by atoms with Crippen molar-refractivity contribution in [3.05, 3.63) is 29.8 Å². The Balaban J connectivity index is 0.00000400. The lowest BCUT2D eigenvalue weighted by molar-refractivity contribution is -0.274. The van der Waals surface area contributed by atoms with E-state index in [4.69, 9.17) is 20.8 Å². The van der Waals surface area contributed by atoms with Gasteiger partial charge in [-0.05, 0) is 80.5 Å². The lowest BCUT2D eigenvalue weighted by Crippen LogP contribution is -2.65. The number of ether oxygens (including phenoxy) is 1. The third-order valence-corrected chi connectivity index (χ3v) is 8.85. The molecule has 2 bridgehead atoms. The summed E-state index contributed by atoms with van der Waals surface area (Å²) in [4.78, 5) is 12.7. The molecule has 1 heterocycles. The van der Waals surface area contributed by atoms with E-state index in [0.29, 0.717) is 31.2 Å². The van der Waals surface area contributed by atoms with Gasteiger partial charge in [-0.2, -0.15) is 0 Å². The third-order valence-electron chi connectivity index (χ3n) is 8.85. The van der Waals surface area contributed by atoms with E-state index in [1.807, 2.05) is 0 Å². The molecular weight excluding hydrogens is 522 g/mol. The molecule has 1 aromatic rings. The Bertz CT molecular complexity index is 955. The van der Waals surface area contributed by atoms with Crippen LogP contribution >= 0.6 is 12.4 Å². The number of nitrogens with one attached hydrogen (secondary N) is 1. The summed E-state index contributed by atoms with van der Waals surface area (Å²) in [7, 11) is -0.551. The number of alkyl halides is 3. The molecule has 38 heavy (non-hydrogen) atoms. The molecule has 5 rings (SSSR count). The number of carbonyl (C=O) groups excluding carboxylic acids is 1. The third kappa shape index (κ3) is 6.61. The summed E-state index contributed by atoms with van der Waals surface area (Å²) in [5, 5.41) is 2.95. The van der Waals surface area contributed by atoms with Crippen LogP contribution < -0.4 is 21.5 Å². The van der Waals surface area contributed by atoms with Crippen molar-refractivity contribution in [2.24, 2.45) is 28.7 Å². The first-order valence-electron chi connectivity index (χ1n) is 13.2. The molecule has 6 atom stereocenters. The number of rotatable bonds is 11. The van der Waals surface area contributed by atoms with Crippen molar-refractivity contribution >= 4 is 25.4 Å². The number of unbranched alkanes of at least 4 members (excludes halogenated alkanes) is 1. The molecule has 5 N–H and O–H groups in total. The van der Waals surface area contributed by atoms with E-state index in [1.54, 1.807) is 12.1 Å². The predicted octanol–water partition coefficient (Wildman–Crippen LogP) is 4.22.